The summed E-state index contributed by atoms with van der Waals surface area (Å²) in [5, 5.41) is 13.6. The number of benzene rings is 1. The highest BCUT2D eigenvalue weighted by molar-refractivity contribution is 6.30. The Morgan fingerprint density at radius 2 is 1.84 bits per heavy atom. The number of carbonyl (C=O) groups excluding carboxylic acids is 1. The number of fused-ring (bicyclic) bond motifs is 1. The Morgan fingerprint density at radius 3 is 2.58 bits per heavy atom. The molecule has 1 amide bonds. The van der Waals surface area contributed by atoms with Gasteiger partial charge in [0, 0.05) is 75.2 Å². The molecule has 166 valence electrons. The van der Waals surface area contributed by atoms with Crippen LogP contribution in [0.1, 0.15) is 35.3 Å². The molecule has 0 atom stereocenters. The van der Waals surface area contributed by atoms with E-state index < -0.39 is 0 Å². The van der Waals surface area contributed by atoms with Crippen molar-refractivity contribution in [1.82, 2.24) is 14.4 Å². The normalized spacial score (nSPS) is 19.0. The van der Waals surface area contributed by atoms with Crippen molar-refractivity contribution >= 4 is 28.9 Å². The lowest BCUT2D eigenvalue weighted by Crippen LogP contribution is -2.46. The maximum Gasteiger partial charge on any atom is 0.270 e. The van der Waals surface area contributed by atoms with Gasteiger partial charge in [0.2, 0.25) is 0 Å². The molecule has 1 aromatic heterocycles. The topological polar surface area (TPSA) is 64.3 Å². The van der Waals surface area contributed by atoms with E-state index in [2.05, 4.69) is 21.0 Å². The van der Waals surface area contributed by atoms with Crippen molar-refractivity contribution in [2.45, 2.75) is 25.8 Å². The molecule has 1 saturated heterocycles. The molecule has 0 saturated carbocycles. The Hall–Kier alpha value is -2.51. The van der Waals surface area contributed by atoms with Crippen LogP contribution in [0, 0.1) is 0 Å². The van der Waals surface area contributed by atoms with Crippen molar-refractivity contribution in [2.24, 2.45) is 5.16 Å². The number of aryl methyl sites for hydroxylation is 1. The number of oxime groups is 1. The molecule has 31 heavy (non-hydrogen) atoms. The van der Waals surface area contributed by atoms with Crippen LogP contribution in [0.25, 0.3) is 0 Å². The minimum Gasteiger partial charge on any atom is -0.411 e. The average Bonchev–Trinajstić information content (AvgIpc) is 3.15. The number of nitrogens with zero attached hydrogens (tertiary/aromatic N) is 5. The van der Waals surface area contributed by atoms with Gasteiger partial charge in [-0.25, -0.2) is 0 Å². The van der Waals surface area contributed by atoms with E-state index in [0.717, 1.165) is 62.7 Å². The summed E-state index contributed by atoms with van der Waals surface area (Å²) < 4.78 is 2.02. The van der Waals surface area contributed by atoms with Crippen molar-refractivity contribution in [1.29, 1.82) is 0 Å². The second kappa shape index (κ2) is 9.75. The number of carbonyl (C=O) groups is 1. The Kier molecular flexibility index (Phi) is 6.83. The van der Waals surface area contributed by atoms with Gasteiger partial charge in [-0.15, -0.1) is 0 Å². The minimum atomic E-state index is -0.00390. The molecule has 1 N–H and O–H groups in total. The summed E-state index contributed by atoms with van der Waals surface area (Å²) in [5.41, 5.74) is 3.18. The molecule has 3 heterocycles. The summed E-state index contributed by atoms with van der Waals surface area (Å²) in [7, 11) is 1.80. The van der Waals surface area contributed by atoms with Crippen LogP contribution in [-0.4, -0.2) is 77.5 Å². The number of aromatic nitrogens is 1. The zero-order chi connectivity index (χ0) is 21.8. The highest BCUT2D eigenvalue weighted by Gasteiger charge is 2.27. The number of piperazine rings is 1. The molecule has 8 heteroatoms. The Bertz CT molecular complexity index is 949. The first-order valence-electron chi connectivity index (χ1n) is 11.0. The summed E-state index contributed by atoms with van der Waals surface area (Å²) in [6.45, 7) is 6.52. The molecule has 2 aliphatic heterocycles. The van der Waals surface area contributed by atoms with Crippen LogP contribution in [0.2, 0.25) is 5.02 Å². The van der Waals surface area contributed by atoms with Gasteiger partial charge in [0.15, 0.2) is 0 Å². The summed E-state index contributed by atoms with van der Waals surface area (Å²) in [6.07, 6.45) is 4.58. The van der Waals surface area contributed by atoms with Crippen LogP contribution >= 0.6 is 11.6 Å². The molecule has 1 aromatic carbocycles. The molecular weight excluding hydrogens is 414 g/mol. The lowest BCUT2D eigenvalue weighted by atomic mass is 10.1. The van der Waals surface area contributed by atoms with Gasteiger partial charge < -0.3 is 19.6 Å². The summed E-state index contributed by atoms with van der Waals surface area (Å²) in [6, 6.07) is 9.96. The molecule has 0 spiro atoms. The Morgan fingerprint density at radius 1 is 1.06 bits per heavy atom. The van der Waals surface area contributed by atoms with Crippen LogP contribution in [0.5, 0.6) is 0 Å². The van der Waals surface area contributed by atoms with E-state index in [1.165, 1.54) is 5.69 Å². The fourth-order valence-electron chi connectivity index (χ4n) is 4.44. The summed E-state index contributed by atoms with van der Waals surface area (Å²) in [5.74, 6) is -0.00390. The third-order valence-corrected chi connectivity index (χ3v) is 6.53. The Balaban J connectivity index is 1.27. The molecule has 2 aliphatic rings. The monoisotopic (exact) mass is 443 g/mol. The van der Waals surface area contributed by atoms with E-state index in [-0.39, 0.29) is 5.91 Å². The third kappa shape index (κ3) is 4.88. The average molecular weight is 444 g/mol. The lowest BCUT2D eigenvalue weighted by Gasteiger charge is -2.36. The number of amides is 1. The quantitative estimate of drug-likeness (QED) is 0.422. The van der Waals surface area contributed by atoms with E-state index in [9.17, 15) is 10.0 Å². The molecule has 0 bridgehead atoms. The van der Waals surface area contributed by atoms with Crippen LogP contribution in [0.15, 0.2) is 41.7 Å². The van der Waals surface area contributed by atoms with Gasteiger partial charge in [-0.2, -0.15) is 0 Å². The summed E-state index contributed by atoms with van der Waals surface area (Å²) >= 11 is 6.12. The van der Waals surface area contributed by atoms with Crippen LogP contribution in [-0.2, 0) is 6.54 Å². The highest BCUT2D eigenvalue weighted by atomic mass is 35.5. The number of anilines is 1. The second-order valence-corrected chi connectivity index (χ2v) is 8.75. The van der Waals surface area contributed by atoms with Crippen molar-refractivity contribution in [3.8, 4) is 0 Å². The van der Waals surface area contributed by atoms with Crippen LogP contribution < -0.4 is 4.90 Å². The lowest BCUT2D eigenvalue weighted by molar-refractivity contribution is 0.0791. The number of rotatable bonds is 6. The van der Waals surface area contributed by atoms with Gasteiger partial charge >= 0.3 is 0 Å². The molecule has 2 aromatic rings. The number of halogens is 1. The molecule has 7 nitrogen and oxygen atoms in total. The number of hydrogen-bond acceptors (Lipinski definition) is 5. The standard InChI is InChI=1S/C23H30ClN5O2/c1-26-11-8-21(25-31)20-7-12-29(22(20)23(26)30)10-3-2-9-27-13-15-28(16-14-27)19-6-4-5-18(24)17-19/h4-7,12,17,31H,2-3,8-11,13-16H2,1H3. The fraction of sp³-hybridized carbons (Fsp3) is 0.478. The fourth-order valence-corrected chi connectivity index (χ4v) is 4.63. The minimum absolute atomic E-state index is 0.00390. The second-order valence-electron chi connectivity index (χ2n) is 8.31. The zero-order valence-electron chi connectivity index (χ0n) is 18.0. The first-order valence-corrected chi connectivity index (χ1v) is 11.3. The van der Waals surface area contributed by atoms with Gasteiger partial charge in [0.1, 0.15) is 5.69 Å². The van der Waals surface area contributed by atoms with E-state index in [1.54, 1.807) is 11.9 Å². The van der Waals surface area contributed by atoms with E-state index in [0.29, 0.717) is 24.4 Å². The molecule has 0 radical (unpaired) electrons. The zero-order valence-corrected chi connectivity index (χ0v) is 18.8. The molecule has 0 unspecified atom stereocenters. The molecule has 0 aliphatic carbocycles. The van der Waals surface area contributed by atoms with Gasteiger partial charge in [0.25, 0.3) is 5.91 Å². The SMILES string of the molecule is CN1CCC(=NO)c2ccn(CCCCN3CCN(c4cccc(Cl)c4)CC3)c2C1=O. The van der Waals surface area contributed by atoms with Gasteiger partial charge in [-0.05, 0) is 43.7 Å². The van der Waals surface area contributed by atoms with Gasteiger partial charge in [0.05, 0.1) is 5.71 Å². The van der Waals surface area contributed by atoms with E-state index in [4.69, 9.17) is 11.6 Å². The predicted octanol–water partition coefficient (Wildman–Crippen LogP) is 3.40. The van der Waals surface area contributed by atoms with Gasteiger partial charge in [-0.1, -0.05) is 22.8 Å². The van der Waals surface area contributed by atoms with Crippen molar-refractivity contribution < 1.29 is 10.0 Å². The highest BCUT2D eigenvalue weighted by Crippen LogP contribution is 2.22. The molecule has 4 rings (SSSR count). The maximum absolute atomic E-state index is 12.8. The number of hydrogen-bond donors (Lipinski definition) is 1. The molecular formula is C23H30ClN5O2. The third-order valence-electron chi connectivity index (χ3n) is 6.30. The molecule has 1 fully saturated rings. The first-order chi connectivity index (χ1) is 15.1. The van der Waals surface area contributed by atoms with Crippen molar-refractivity contribution in [3.05, 3.63) is 52.8 Å². The number of unbranched alkanes of at least 4 members (excludes halogenated alkanes) is 1. The summed E-state index contributed by atoms with van der Waals surface area (Å²) in [4.78, 5) is 19.4. The smallest absolute Gasteiger partial charge is 0.270 e. The van der Waals surface area contributed by atoms with Crippen LogP contribution in [0.3, 0.4) is 0 Å². The maximum atomic E-state index is 12.8. The first kappa shape index (κ1) is 21.7. The van der Waals surface area contributed by atoms with Crippen molar-refractivity contribution in [3.63, 3.8) is 0 Å². The largest absolute Gasteiger partial charge is 0.411 e. The predicted molar refractivity (Wildman–Crippen MR) is 124 cm³/mol. The van der Waals surface area contributed by atoms with Gasteiger partial charge in [-0.3, -0.25) is 9.69 Å². The van der Waals surface area contributed by atoms with Crippen LogP contribution in [0.4, 0.5) is 5.69 Å². The Labute approximate surface area is 188 Å². The van der Waals surface area contributed by atoms with E-state index >= 15 is 0 Å². The van der Waals surface area contributed by atoms with E-state index in [1.807, 2.05) is 35.0 Å². The van der Waals surface area contributed by atoms with Crippen molar-refractivity contribution in [2.75, 3.05) is 51.2 Å².